The smallest absolute Gasteiger partial charge is 0.187 e. The normalized spacial score (nSPS) is 13.5. The lowest BCUT2D eigenvalue weighted by Gasteiger charge is -2.12. The third-order valence-electron chi connectivity index (χ3n) is 1.41. The number of Topliss-reactive ketones (excluding diaryl/α,β-unsaturated/α-hetero) is 1. The van der Waals surface area contributed by atoms with Crippen LogP contribution in [0.25, 0.3) is 0 Å². The van der Waals surface area contributed by atoms with Crippen molar-refractivity contribution in [3.8, 4) is 0 Å². The van der Waals surface area contributed by atoms with Crippen molar-refractivity contribution >= 4 is 5.78 Å². The molecule has 0 fully saturated rings. The number of carbonyl (C=O) groups excluding carboxylic acids is 1. The van der Waals surface area contributed by atoms with Crippen LogP contribution in [0.4, 0.5) is 0 Å². The van der Waals surface area contributed by atoms with Crippen LogP contribution in [0.2, 0.25) is 0 Å². The molecule has 0 aromatic heterocycles. The van der Waals surface area contributed by atoms with Gasteiger partial charge in [-0.25, -0.2) is 0 Å². The van der Waals surface area contributed by atoms with E-state index < -0.39 is 6.10 Å². The molecular weight excluding hydrogens is 144 g/mol. The second-order valence-corrected chi connectivity index (χ2v) is 2.79. The van der Waals surface area contributed by atoms with Crippen LogP contribution in [-0.4, -0.2) is 30.2 Å². The van der Waals surface area contributed by atoms with E-state index in [4.69, 9.17) is 4.74 Å². The molecule has 0 aromatic carbocycles. The maximum Gasteiger partial charge on any atom is 0.187 e. The zero-order chi connectivity index (χ0) is 8.85. The quantitative estimate of drug-likeness (QED) is 0.641. The molecule has 0 aliphatic rings. The minimum absolute atomic E-state index is 0.0237. The molecule has 3 heteroatoms. The van der Waals surface area contributed by atoms with Gasteiger partial charge in [0.15, 0.2) is 5.78 Å². The van der Waals surface area contributed by atoms with E-state index in [0.717, 1.165) is 0 Å². The molecule has 11 heavy (non-hydrogen) atoms. The summed E-state index contributed by atoms with van der Waals surface area (Å²) < 4.78 is 4.86. The first-order valence-electron chi connectivity index (χ1n) is 3.88. The summed E-state index contributed by atoms with van der Waals surface area (Å²) >= 11 is 0. The van der Waals surface area contributed by atoms with Crippen molar-refractivity contribution in [1.82, 2.24) is 0 Å². The van der Waals surface area contributed by atoms with Crippen molar-refractivity contribution in [3.05, 3.63) is 0 Å². The van der Waals surface area contributed by atoms with Gasteiger partial charge in [-0.05, 0) is 12.8 Å². The first-order chi connectivity index (χ1) is 5.09. The van der Waals surface area contributed by atoms with Gasteiger partial charge in [0, 0.05) is 6.61 Å². The highest BCUT2D eigenvalue weighted by Crippen LogP contribution is 2.01. The molecule has 3 nitrogen and oxygen atoms in total. The molecule has 1 unspecified atom stereocenters. The Morgan fingerprint density at radius 1 is 1.55 bits per heavy atom. The minimum Gasteiger partial charge on any atom is -0.385 e. The predicted octanol–water partition coefficient (Wildman–Crippen LogP) is 0.609. The summed E-state index contributed by atoms with van der Waals surface area (Å²) in [6.45, 7) is 5.95. The number of ether oxygens (including phenoxy) is 1. The van der Waals surface area contributed by atoms with Crippen molar-refractivity contribution in [2.45, 2.75) is 26.9 Å². The second kappa shape index (κ2) is 5.27. The molecule has 0 rings (SSSR count). The summed E-state index contributed by atoms with van der Waals surface area (Å²) in [4.78, 5) is 11.0. The Kier molecular flexibility index (Phi) is 5.07. The van der Waals surface area contributed by atoms with Crippen LogP contribution in [0.15, 0.2) is 0 Å². The van der Waals surface area contributed by atoms with E-state index in [-0.39, 0.29) is 18.3 Å². The van der Waals surface area contributed by atoms with Crippen molar-refractivity contribution < 1.29 is 14.6 Å². The molecule has 0 aromatic rings. The molecule has 0 aliphatic heterocycles. The number of aliphatic hydroxyl groups is 1. The number of hydrogen-bond donors (Lipinski definition) is 1. The van der Waals surface area contributed by atoms with Crippen LogP contribution in [0, 0.1) is 5.92 Å². The molecule has 0 aliphatic carbocycles. The van der Waals surface area contributed by atoms with Crippen molar-refractivity contribution in [1.29, 1.82) is 0 Å². The molecule has 1 N–H and O–H groups in total. The first-order valence-corrected chi connectivity index (χ1v) is 3.88. The summed E-state index contributed by atoms with van der Waals surface area (Å²) in [7, 11) is 0. The highest BCUT2D eigenvalue weighted by Gasteiger charge is 2.17. The topological polar surface area (TPSA) is 46.5 Å². The van der Waals surface area contributed by atoms with E-state index >= 15 is 0 Å². The largest absolute Gasteiger partial charge is 0.385 e. The Balaban J connectivity index is 3.64. The number of aliphatic hydroxyl groups excluding tert-OH is 1. The molecule has 0 heterocycles. The van der Waals surface area contributed by atoms with Gasteiger partial charge in [0.05, 0.1) is 0 Å². The fraction of sp³-hybridized carbons (Fsp3) is 0.875. The van der Waals surface area contributed by atoms with Crippen LogP contribution in [0.3, 0.4) is 0 Å². The molecular formula is C8H16O3. The Morgan fingerprint density at radius 2 is 2.09 bits per heavy atom. The lowest BCUT2D eigenvalue weighted by atomic mass is 10.0. The van der Waals surface area contributed by atoms with E-state index in [1.165, 1.54) is 0 Å². The van der Waals surface area contributed by atoms with Gasteiger partial charge in [0.2, 0.25) is 0 Å². The molecule has 66 valence electrons. The van der Waals surface area contributed by atoms with Gasteiger partial charge in [-0.3, -0.25) is 4.79 Å². The number of rotatable bonds is 5. The van der Waals surface area contributed by atoms with Gasteiger partial charge >= 0.3 is 0 Å². The Morgan fingerprint density at radius 3 is 2.45 bits per heavy atom. The van der Waals surface area contributed by atoms with Crippen LogP contribution < -0.4 is 0 Å². The standard InChI is InChI=1S/C8H16O3/c1-4-11-5-7(9)8(10)6(2)3/h6,8,10H,4-5H2,1-3H3. The second-order valence-electron chi connectivity index (χ2n) is 2.79. The van der Waals surface area contributed by atoms with Gasteiger partial charge in [-0.2, -0.15) is 0 Å². The zero-order valence-corrected chi connectivity index (χ0v) is 7.33. The first kappa shape index (κ1) is 10.6. The molecule has 1 atom stereocenters. The van der Waals surface area contributed by atoms with E-state index in [9.17, 15) is 9.90 Å². The van der Waals surface area contributed by atoms with Crippen LogP contribution in [-0.2, 0) is 9.53 Å². The van der Waals surface area contributed by atoms with Crippen LogP contribution >= 0.6 is 0 Å². The molecule has 0 radical (unpaired) electrons. The monoisotopic (exact) mass is 160 g/mol. The average Bonchev–Trinajstić information content (AvgIpc) is 1.98. The Bertz CT molecular complexity index is 121. The fourth-order valence-corrected chi connectivity index (χ4v) is 0.660. The summed E-state index contributed by atoms with van der Waals surface area (Å²) in [5.41, 5.74) is 0. The number of ketones is 1. The van der Waals surface area contributed by atoms with Gasteiger partial charge in [0.25, 0.3) is 0 Å². The predicted molar refractivity (Wildman–Crippen MR) is 42.3 cm³/mol. The van der Waals surface area contributed by atoms with Crippen molar-refractivity contribution in [2.75, 3.05) is 13.2 Å². The Hall–Kier alpha value is -0.410. The van der Waals surface area contributed by atoms with E-state index in [1.54, 1.807) is 13.8 Å². The van der Waals surface area contributed by atoms with Gasteiger partial charge in [0.1, 0.15) is 12.7 Å². The highest BCUT2D eigenvalue weighted by atomic mass is 16.5. The van der Waals surface area contributed by atoms with Gasteiger partial charge in [-0.15, -0.1) is 0 Å². The maximum absolute atomic E-state index is 11.0. The zero-order valence-electron chi connectivity index (χ0n) is 7.33. The van der Waals surface area contributed by atoms with Gasteiger partial charge in [-0.1, -0.05) is 13.8 Å². The minimum atomic E-state index is -0.874. The number of carbonyl (C=O) groups is 1. The lowest BCUT2D eigenvalue weighted by Crippen LogP contribution is -2.29. The fourth-order valence-electron chi connectivity index (χ4n) is 0.660. The lowest BCUT2D eigenvalue weighted by molar-refractivity contribution is -0.133. The summed E-state index contributed by atoms with van der Waals surface area (Å²) in [5, 5.41) is 9.19. The van der Waals surface area contributed by atoms with Crippen LogP contribution in [0.1, 0.15) is 20.8 Å². The summed E-state index contributed by atoms with van der Waals surface area (Å²) in [5.74, 6) is -0.259. The molecule has 0 amide bonds. The van der Waals surface area contributed by atoms with Crippen LogP contribution in [0.5, 0.6) is 0 Å². The Labute approximate surface area is 67.4 Å². The van der Waals surface area contributed by atoms with E-state index in [0.29, 0.717) is 6.61 Å². The van der Waals surface area contributed by atoms with Crippen molar-refractivity contribution in [2.24, 2.45) is 5.92 Å². The summed E-state index contributed by atoms with van der Waals surface area (Å²) in [6, 6.07) is 0. The third kappa shape index (κ3) is 4.11. The molecule has 0 saturated heterocycles. The molecule has 0 spiro atoms. The number of hydrogen-bond acceptors (Lipinski definition) is 3. The summed E-state index contributed by atoms with van der Waals surface area (Å²) in [6.07, 6.45) is -0.874. The highest BCUT2D eigenvalue weighted by molar-refractivity contribution is 5.84. The maximum atomic E-state index is 11.0. The SMILES string of the molecule is CCOCC(=O)C(O)C(C)C. The van der Waals surface area contributed by atoms with Crippen molar-refractivity contribution in [3.63, 3.8) is 0 Å². The average molecular weight is 160 g/mol. The van der Waals surface area contributed by atoms with E-state index in [1.807, 2.05) is 6.92 Å². The molecule has 0 saturated carbocycles. The van der Waals surface area contributed by atoms with E-state index in [2.05, 4.69) is 0 Å². The third-order valence-corrected chi connectivity index (χ3v) is 1.41. The molecule has 0 bridgehead atoms. The van der Waals surface area contributed by atoms with Gasteiger partial charge < -0.3 is 9.84 Å².